The summed E-state index contributed by atoms with van der Waals surface area (Å²) in [7, 11) is 0. The topological polar surface area (TPSA) is 84.0 Å². The lowest BCUT2D eigenvalue weighted by Gasteiger charge is -2.04. The number of carbonyl (C=O) groups excluding carboxylic acids is 2. The highest BCUT2D eigenvalue weighted by Gasteiger charge is 2.10. The second-order valence-corrected chi connectivity index (χ2v) is 6.85. The molecule has 2 heterocycles. The molecule has 0 saturated carbocycles. The van der Waals surface area contributed by atoms with E-state index in [0.717, 1.165) is 24.1 Å². The van der Waals surface area contributed by atoms with Crippen LogP contribution in [0.4, 0.5) is 5.13 Å². The number of hydrogen-bond donors (Lipinski definition) is 2. The lowest BCUT2D eigenvalue weighted by atomic mass is 10.1. The minimum absolute atomic E-state index is 0.000166. The fourth-order valence-corrected chi connectivity index (χ4v) is 3.24. The van der Waals surface area contributed by atoms with Crippen molar-refractivity contribution >= 4 is 28.3 Å². The van der Waals surface area contributed by atoms with Gasteiger partial charge in [-0.1, -0.05) is 30.3 Å². The number of rotatable bonds is 7. The van der Waals surface area contributed by atoms with E-state index in [1.807, 2.05) is 17.5 Å². The number of pyridine rings is 1. The molecule has 0 bridgehead atoms. The maximum absolute atomic E-state index is 12.1. The van der Waals surface area contributed by atoms with Gasteiger partial charge in [-0.25, -0.2) is 4.98 Å². The van der Waals surface area contributed by atoms with Crippen LogP contribution in [0, 0.1) is 0 Å². The molecule has 0 spiro atoms. The van der Waals surface area contributed by atoms with E-state index < -0.39 is 0 Å². The fraction of sp³-hybridized carbons (Fsp3) is 0.200. The molecule has 0 aliphatic carbocycles. The molecule has 1 aromatic carbocycles. The molecule has 3 rings (SSSR count). The van der Waals surface area contributed by atoms with E-state index in [0.29, 0.717) is 17.4 Å². The Balaban J connectivity index is 1.57. The monoisotopic (exact) mass is 380 g/mol. The Kier molecular flexibility index (Phi) is 6.27. The van der Waals surface area contributed by atoms with Crippen LogP contribution in [-0.2, 0) is 11.2 Å². The van der Waals surface area contributed by atoms with Gasteiger partial charge in [-0.05, 0) is 30.5 Å². The molecule has 7 heteroatoms. The summed E-state index contributed by atoms with van der Waals surface area (Å²) in [5, 5.41) is 8.03. The molecule has 138 valence electrons. The van der Waals surface area contributed by atoms with Crippen molar-refractivity contribution in [2.24, 2.45) is 0 Å². The molecule has 2 aromatic heterocycles. The highest BCUT2D eigenvalue weighted by molar-refractivity contribution is 7.14. The molecule has 2 N–H and O–H groups in total. The van der Waals surface area contributed by atoms with Crippen LogP contribution in [0.1, 0.15) is 29.4 Å². The van der Waals surface area contributed by atoms with E-state index in [1.165, 1.54) is 23.8 Å². The van der Waals surface area contributed by atoms with Gasteiger partial charge in [-0.2, -0.15) is 0 Å². The van der Waals surface area contributed by atoms with Gasteiger partial charge in [0.05, 0.1) is 5.69 Å². The van der Waals surface area contributed by atoms with E-state index >= 15 is 0 Å². The predicted molar refractivity (Wildman–Crippen MR) is 107 cm³/mol. The van der Waals surface area contributed by atoms with Gasteiger partial charge in [-0.15, -0.1) is 11.3 Å². The van der Waals surface area contributed by atoms with Crippen molar-refractivity contribution in [2.75, 3.05) is 11.9 Å². The molecule has 6 nitrogen and oxygen atoms in total. The molecule has 3 aromatic rings. The predicted octanol–water partition coefficient (Wildman–Crippen LogP) is 3.53. The lowest BCUT2D eigenvalue weighted by Crippen LogP contribution is -2.21. The maximum Gasteiger partial charge on any atom is 0.276 e. The van der Waals surface area contributed by atoms with Gasteiger partial charge in [0.15, 0.2) is 5.13 Å². The minimum atomic E-state index is -0.272. The number of anilines is 1. The van der Waals surface area contributed by atoms with Crippen molar-refractivity contribution in [3.8, 4) is 11.3 Å². The molecule has 0 aliphatic rings. The largest absolute Gasteiger partial charge is 0.356 e. The molecular formula is C20H20N4O2S. The summed E-state index contributed by atoms with van der Waals surface area (Å²) in [6.07, 6.45) is 3.39. The molecule has 0 fully saturated rings. The molecule has 0 saturated heterocycles. The van der Waals surface area contributed by atoms with Crippen LogP contribution in [0.5, 0.6) is 0 Å². The SMILES string of the molecule is CC(=O)NCCCc1ccc(-c2csc(NC(=O)c3ccccn3)n2)cc1. The molecule has 0 radical (unpaired) electrons. The Hall–Kier alpha value is -3.06. The Morgan fingerprint density at radius 2 is 1.93 bits per heavy atom. The van der Waals surface area contributed by atoms with Gasteiger partial charge >= 0.3 is 0 Å². The Bertz CT molecular complexity index is 907. The quantitative estimate of drug-likeness (QED) is 0.614. The van der Waals surface area contributed by atoms with Gasteiger partial charge in [0.2, 0.25) is 5.91 Å². The number of benzene rings is 1. The number of carbonyl (C=O) groups is 2. The highest BCUT2D eigenvalue weighted by atomic mass is 32.1. The first-order valence-corrected chi connectivity index (χ1v) is 9.51. The number of hydrogen-bond acceptors (Lipinski definition) is 5. The Morgan fingerprint density at radius 1 is 1.11 bits per heavy atom. The van der Waals surface area contributed by atoms with Gasteiger partial charge < -0.3 is 5.32 Å². The van der Waals surface area contributed by atoms with Gasteiger partial charge in [-0.3, -0.25) is 19.9 Å². The number of nitrogens with one attached hydrogen (secondary N) is 2. The molecular weight excluding hydrogens is 360 g/mol. The smallest absolute Gasteiger partial charge is 0.276 e. The van der Waals surface area contributed by atoms with E-state index in [1.54, 1.807) is 24.4 Å². The van der Waals surface area contributed by atoms with Crippen LogP contribution in [0.3, 0.4) is 0 Å². The summed E-state index contributed by atoms with van der Waals surface area (Å²) < 4.78 is 0. The summed E-state index contributed by atoms with van der Waals surface area (Å²) in [5.41, 5.74) is 3.39. The van der Waals surface area contributed by atoms with Crippen molar-refractivity contribution in [3.63, 3.8) is 0 Å². The number of aromatic nitrogens is 2. The summed E-state index contributed by atoms with van der Waals surface area (Å²) in [6.45, 7) is 2.21. The third kappa shape index (κ3) is 5.46. The lowest BCUT2D eigenvalue weighted by molar-refractivity contribution is -0.118. The first kappa shape index (κ1) is 18.7. The average Bonchev–Trinajstić information content (AvgIpc) is 3.15. The molecule has 27 heavy (non-hydrogen) atoms. The van der Waals surface area contributed by atoms with Gasteiger partial charge in [0.1, 0.15) is 5.69 Å². The van der Waals surface area contributed by atoms with Crippen molar-refractivity contribution in [1.29, 1.82) is 0 Å². The molecule has 0 unspecified atom stereocenters. The summed E-state index contributed by atoms with van der Waals surface area (Å²) in [5.74, 6) is -0.272. The highest BCUT2D eigenvalue weighted by Crippen LogP contribution is 2.25. The number of thiazole rings is 1. The number of aryl methyl sites for hydroxylation is 1. The number of nitrogens with zero attached hydrogens (tertiary/aromatic N) is 2. The van der Waals surface area contributed by atoms with Crippen LogP contribution in [0.25, 0.3) is 11.3 Å². The molecule has 0 aliphatic heterocycles. The van der Waals surface area contributed by atoms with E-state index in [4.69, 9.17) is 0 Å². The molecule has 0 atom stereocenters. The summed E-state index contributed by atoms with van der Waals surface area (Å²) in [6, 6.07) is 13.4. The fourth-order valence-electron chi connectivity index (χ4n) is 2.52. The normalized spacial score (nSPS) is 10.4. The van der Waals surface area contributed by atoms with Gasteiger partial charge in [0, 0.05) is 30.6 Å². The van der Waals surface area contributed by atoms with Crippen LogP contribution in [-0.4, -0.2) is 28.3 Å². The zero-order valence-corrected chi connectivity index (χ0v) is 15.8. The third-order valence-corrected chi connectivity index (χ3v) is 4.65. The zero-order valence-electron chi connectivity index (χ0n) is 14.9. The Morgan fingerprint density at radius 3 is 2.63 bits per heavy atom. The van der Waals surface area contributed by atoms with Crippen molar-refractivity contribution < 1.29 is 9.59 Å². The van der Waals surface area contributed by atoms with E-state index in [2.05, 4.69) is 32.7 Å². The van der Waals surface area contributed by atoms with Crippen LogP contribution in [0.2, 0.25) is 0 Å². The second-order valence-electron chi connectivity index (χ2n) is 5.99. The minimum Gasteiger partial charge on any atom is -0.356 e. The van der Waals surface area contributed by atoms with Crippen molar-refractivity contribution in [2.45, 2.75) is 19.8 Å². The summed E-state index contributed by atoms with van der Waals surface area (Å²) in [4.78, 5) is 31.5. The standard InChI is InChI=1S/C20H20N4O2S/c1-14(25)21-12-4-5-15-7-9-16(10-8-15)18-13-27-20(23-18)24-19(26)17-6-2-3-11-22-17/h2-3,6-11,13H,4-5,12H2,1H3,(H,21,25)(H,23,24,26). The maximum atomic E-state index is 12.1. The first-order chi connectivity index (χ1) is 13.1. The van der Waals surface area contributed by atoms with Gasteiger partial charge in [0.25, 0.3) is 5.91 Å². The average molecular weight is 380 g/mol. The molecule has 2 amide bonds. The van der Waals surface area contributed by atoms with Crippen LogP contribution >= 0.6 is 11.3 Å². The second kappa shape index (κ2) is 9.05. The first-order valence-electron chi connectivity index (χ1n) is 8.63. The van der Waals surface area contributed by atoms with Crippen molar-refractivity contribution in [3.05, 3.63) is 65.3 Å². The van der Waals surface area contributed by atoms with E-state index in [9.17, 15) is 9.59 Å². The van der Waals surface area contributed by atoms with Crippen LogP contribution in [0.15, 0.2) is 54.0 Å². The third-order valence-electron chi connectivity index (χ3n) is 3.89. The summed E-state index contributed by atoms with van der Waals surface area (Å²) >= 11 is 1.38. The number of amides is 2. The van der Waals surface area contributed by atoms with Crippen LogP contribution < -0.4 is 10.6 Å². The zero-order chi connectivity index (χ0) is 19.1. The van der Waals surface area contributed by atoms with E-state index in [-0.39, 0.29) is 11.8 Å². The van der Waals surface area contributed by atoms with Crippen molar-refractivity contribution in [1.82, 2.24) is 15.3 Å². The Labute approximate surface area is 161 Å².